The van der Waals surface area contributed by atoms with E-state index in [4.69, 9.17) is 0 Å². The van der Waals surface area contributed by atoms with E-state index in [9.17, 15) is 4.39 Å². The Morgan fingerprint density at radius 3 is 2.55 bits per heavy atom. The zero-order valence-electron chi connectivity index (χ0n) is 6.62. The van der Waals surface area contributed by atoms with Crippen LogP contribution in [0.1, 0.15) is 18.1 Å². The van der Waals surface area contributed by atoms with E-state index in [0.29, 0.717) is 0 Å². The number of rotatable bonds is 1. The van der Waals surface area contributed by atoms with Crippen LogP contribution < -0.4 is 0 Å². The van der Waals surface area contributed by atoms with Crippen molar-refractivity contribution in [2.75, 3.05) is 0 Å². The van der Waals surface area contributed by atoms with Crippen molar-refractivity contribution < 1.29 is 4.39 Å². The van der Waals surface area contributed by atoms with Crippen molar-refractivity contribution in [3.63, 3.8) is 0 Å². The summed E-state index contributed by atoms with van der Waals surface area (Å²) in [4.78, 5) is 0. The number of hydrogen-bond acceptors (Lipinski definition) is 0. The Kier molecular flexibility index (Phi) is 2.66. The molecule has 0 amide bonds. The first-order valence-corrected chi connectivity index (χ1v) is 4.39. The van der Waals surface area contributed by atoms with Crippen molar-refractivity contribution in [1.29, 1.82) is 0 Å². The Hall–Kier alpha value is -0.370. The molecule has 60 valence electrons. The van der Waals surface area contributed by atoms with Gasteiger partial charge in [-0.25, -0.2) is 4.39 Å². The van der Waals surface area contributed by atoms with Crippen LogP contribution in [0.2, 0.25) is 0 Å². The highest BCUT2D eigenvalue weighted by Crippen LogP contribution is 2.23. The summed E-state index contributed by atoms with van der Waals surface area (Å²) in [5, 5.41) is 0. The molecule has 0 aromatic heterocycles. The molecule has 0 bridgehead atoms. The molecule has 0 radical (unpaired) electrons. The average molecular weight is 217 g/mol. The smallest absolute Gasteiger partial charge is 0.127 e. The van der Waals surface area contributed by atoms with E-state index < -0.39 is 0 Å². The van der Waals surface area contributed by atoms with E-state index in [1.807, 2.05) is 13.8 Å². The maximum Gasteiger partial charge on any atom is 0.127 e. The summed E-state index contributed by atoms with van der Waals surface area (Å²) >= 11 is 3.35. The van der Waals surface area contributed by atoms with Gasteiger partial charge in [-0.2, -0.15) is 0 Å². The van der Waals surface area contributed by atoms with E-state index in [0.717, 1.165) is 22.0 Å². The Balaban J connectivity index is 3.29. The fourth-order valence-corrected chi connectivity index (χ4v) is 1.64. The molecule has 0 aliphatic heterocycles. The summed E-state index contributed by atoms with van der Waals surface area (Å²) in [6.45, 7) is 3.91. The molecule has 1 aromatic carbocycles. The van der Waals surface area contributed by atoms with Crippen molar-refractivity contribution in [3.8, 4) is 0 Å². The predicted octanol–water partition coefficient (Wildman–Crippen LogP) is 3.46. The second-order valence-corrected chi connectivity index (χ2v) is 3.30. The molecule has 0 aliphatic rings. The molecule has 0 saturated carbocycles. The van der Waals surface area contributed by atoms with E-state index in [1.54, 1.807) is 6.07 Å². The fraction of sp³-hybridized carbons (Fsp3) is 0.333. The van der Waals surface area contributed by atoms with Crippen LogP contribution in [0.15, 0.2) is 16.6 Å². The monoisotopic (exact) mass is 216 g/mol. The van der Waals surface area contributed by atoms with Gasteiger partial charge in [0, 0.05) is 10.0 Å². The zero-order valence-corrected chi connectivity index (χ0v) is 8.20. The first-order valence-electron chi connectivity index (χ1n) is 3.60. The topological polar surface area (TPSA) is 0 Å². The van der Waals surface area contributed by atoms with Crippen LogP contribution in [0.25, 0.3) is 0 Å². The molecule has 0 spiro atoms. The zero-order chi connectivity index (χ0) is 8.43. The third-order valence-corrected chi connectivity index (χ3v) is 2.84. The van der Waals surface area contributed by atoms with E-state index in [-0.39, 0.29) is 5.82 Å². The summed E-state index contributed by atoms with van der Waals surface area (Å²) < 4.78 is 13.9. The lowest BCUT2D eigenvalue weighted by atomic mass is 10.1. The SMILES string of the molecule is CCc1c(F)ccc(C)c1Br. The molecule has 0 aliphatic carbocycles. The van der Waals surface area contributed by atoms with Crippen LogP contribution in [0, 0.1) is 12.7 Å². The first kappa shape index (κ1) is 8.72. The van der Waals surface area contributed by atoms with Gasteiger partial charge < -0.3 is 0 Å². The highest BCUT2D eigenvalue weighted by atomic mass is 79.9. The Bertz CT molecular complexity index is 269. The van der Waals surface area contributed by atoms with Crippen molar-refractivity contribution in [2.24, 2.45) is 0 Å². The molecule has 1 aromatic rings. The molecule has 0 atom stereocenters. The molecule has 0 N–H and O–H groups in total. The molecular weight excluding hydrogens is 207 g/mol. The van der Waals surface area contributed by atoms with Crippen LogP contribution in [-0.4, -0.2) is 0 Å². The maximum absolute atomic E-state index is 13.0. The molecular formula is C9H10BrF. The lowest BCUT2D eigenvalue weighted by Gasteiger charge is -2.05. The minimum absolute atomic E-state index is 0.120. The van der Waals surface area contributed by atoms with Gasteiger partial charge >= 0.3 is 0 Å². The minimum Gasteiger partial charge on any atom is -0.207 e. The second-order valence-electron chi connectivity index (χ2n) is 2.51. The van der Waals surface area contributed by atoms with Gasteiger partial charge in [0.15, 0.2) is 0 Å². The van der Waals surface area contributed by atoms with Crippen molar-refractivity contribution in [2.45, 2.75) is 20.3 Å². The predicted molar refractivity (Wildman–Crippen MR) is 48.2 cm³/mol. The standard InChI is InChI=1S/C9H10BrF/c1-3-7-8(11)5-4-6(2)9(7)10/h4-5H,3H2,1-2H3. The average Bonchev–Trinajstić information content (AvgIpc) is 1.99. The van der Waals surface area contributed by atoms with Gasteiger partial charge in [0.2, 0.25) is 0 Å². The van der Waals surface area contributed by atoms with E-state index in [1.165, 1.54) is 6.07 Å². The summed E-state index contributed by atoms with van der Waals surface area (Å²) in [7, 11) is 0. The fourth-order valence-electron chi connectivity index (χ4n) is 1.04. The Morgan fingerprint density at radius 2 is 2.09 bits per heavy atom. The number of hydrogen-bond donors (Lipinski definition) is 0. The molecule has 1 rings (SSSR count). The van der Waals surface area contributed by atoms with Crippen LogP contribution in [0.4, 0.5) is 4.39 Å². The highest BCUT2D eigenvalue weighted by molar-refractivity contribution is 9.10. The van der Waals surface area contributed by atoms with Crippen molar-refractivity contribution in [3.05, 3.63) is 33.5 Å². The molecule has 0 unspecified atom stereocenters. The third-order valence-electron chi connectivity index (χ3n) is 1.73. The Morgan fingerprint density at radius 1 is 1.45 bits per heavy atom. The summed E-state index contributed by atoms with van der Waals surface area (Å²) in [5.74, 6) is -0.120. The molecule has 0 nitrogen and oxygen atoms in total. The highest BCUT2D eigenvalue weighted by Gasteiger charge is 2.05. The molecule has 11 heavy (non-hydrogen) atoms. The number of benzene rings is 1. The molecule has 0 saturated heterocycles. The largest absolute Gasteiger partial charge is 0.207 e. The molecule has 2 heteroatoms. The number of halogens is 2. The van der Waals surface area contributed by atoms with Gasteiger partial charge in [0.1, 0.15) is 5.82 Å². The normalized spacial score (nSPS) is 10.2. The summed E-state index contributed by atoms with van der Waals surface area (Å²) in [6, 6.07) is 3.29. The van der Waals surface area contributed by atoms with Crippen LogP contribution in [0.5, 0.6) is 0 Å². The van der Waals surface area contributed by atoms with Crippen LogP contribution in [0.3, 0.4) is 0 Å². The van der Waals surface area contributed by atoms with E-state index in [2.05, 4.69) is 15.9 Å². The molecule has 0 heterocycles. The minimum atomic E-state index is -0.120. The van der Waals surface area contributed by atoms with Crippen LogP contribution >= 0.6 is 15.9 Å². The van der Waals surface area contributed by atoms with Gasteiger partial charge in [-0.1, -0.05) is 28.9 Å². The summed E-state index contributed by atoms with van der Waals surface area (Å²) in [6.07, 6.45) is 0.730. The van der Waals surface area contributed by atoms with E-state index >= 15 is 0 Å². The van der Waals surface area contributed by atoms with Gasteiger partial charge in [-0.3, -0.25) is 0 Å². The number of aryl methyl sites for hydroxylation is 1. The van der Waals surface area contributed by atoms with Crippen molar-refractivity contribution >= 4 is 15.9 Å². The van der Waals surface area contributed by atoms with Crippen molar-refractivity contribution in [1.82, 2.24) is 0 Å². The van der Waals surface area contributed by atoms with Gasteiger partial charge in [-0.05, 0) is 25.0 Å². The third kappa shape index (κ3) is 1.62. The van der Waals surface area contributed by atoms with Gasteiger partial charge in [0.25, 0.3) is 0 Å². The lowest BCUT2D eigenvalue weighted by Crippen LogP contribution is -1.91. The lowest BCUT2D eigenvalue weighted by molar-refractivity contribution is 0.610. The van der Waals surface area contributed by atoms with Crippen LogP contribution in [-0.2, 0) is 6.42 Å². The summed E-state index contributed by atoms with van der Waals surface area (Å²) in [5.41, 5.74) is 1.85. The second kappa shape index (κ2) is 3.35. The van der Waals surface area contributed by atoms with Gasteiger partial charge in [-0.15, -0.1) is 0 Å². The maximum atomic E-state index is 13.0. The van der Waals surface area contributed by atoms with Gasteiger partial charge in [0.05, 0.1) is 0 Å². The molecule has 0 fully saturated rings. The first-order chi connectivity index (χ1) is 5.16. The quantitative estimate of drug-likeness (QED) is 0.675. The Labute approximate surface area is 74.6 Å².